The van der Waals surface area contributed by atoms with Crippen molar-refractivity contribution in [3.8, 4) is 0 Å². The number of rotatable bonds is 5. The Kier molecular flexibility index (Phi) is 5.35. The summed E-state index contributed by atoms with van der Waals surface area (Å²) >= 11 is 0. The summed E-state index contributed by atoms with van der Waals surface area (Å²) in [5, 5.41) is 0. The minimum absolute atomic E-state index is 0.0171. The van der Waals surface area contributed by atoms with E-state index >= 15 is 0 Å². The van der Waals surface area contributed by atoms with Crippen molar-refractivity contribution in [3.05, 3.63) is 29.6 Å². The second kappa shape index (κ2) is 6.85. The summed E-state index contributed by atoms with van der Waals surface area (Å²) in [4.78, 5) is 0.0852. The molecule has 3 N–H and O–H groups in total. The largest absolute Gasteiger partial charge is 0.326 e. The molecule has 0 unspecified atom stereocenters. The minimum Gasteiger partial charge on any atom is -0.326 e. The summed E-state index contributed by atoms with van der Waals surface area (Å²) < 4.78 is 40.9. The lowest BCUT2D eigenvalue weighted by Gasteiger charge is -2.28. The predicted octanol–water partition coefficient (Wildman–Crippen LogP) is 2.53. The maximum atomic E-state index is 13.4. The van der Waals surface area contributed by atoms with Gasteiger partial charge in [-0.1, -0.05) is 13.3 Å². The topological polar surface area (TPSA) is 72.2 Å². The first-order valence-electron chi connectivity index (χ1n) is 7.47. The molecule has 1 fully saturated rings. The number of benzene rings is 1. The molecule has 0 aromatic heterocycles. The third-order valence-corrected chi connectivity index (χ3v) is 5.81. The lowest BCUT2D eigenvalue weighted by molar-refractivity contribution is 0.306. The molecule has 0 aliphatic heterocycles. The van der Waals surface area contributed by atoms with E-state index < -0.39 is 15.8 Å². The van der Waals surface area contributed by atoms with E-state index in [9.17, 15) is 12.8 Å². The Morgan fingerprint density at radius 2 is 1.95 bits per heavy atom. The van der Waals surface area contributed by atoms with Gasteiger partial charge in [-0.25, -0.2) is 17.5 Å². The number of nitrogens with two attached hydrogens (primary N) is 1. The van der Waals surface area contributed by atoms with Crippen molar-refractivity contribution in [1.29, 1.82) is 0 Å². The summed E-state index contributed by atoms with van der Waals surface area (Å²) in [6.45, 7) is 2.15. The van der Waals surface area contributed by atoms with Crippen LogP contribution in [-0.2, 0) is 16.6 Å². The summed E-state index contributed by atoms with van der Waals surface area (Å²) in [6.07, 6.45) is 4.99. The van der Waals surface area contributed by atoms with Crippen LogP contribution >= 0.6 is 0 Å². The zero-order chi connectivity index (χ0) is 15.5. The molecule has 0 atom stereocenters. The Balaban J connectivity index is 2.08. The van der Waals surface area contributed by atoms with Crippen LogP contribution in [0.25, 0.3) is 0 Å². The van der Waals surface area contributed by atoms with Gasteiger partial charge in [0.25, 0.3) is 0 Å². The van der Waals surface area contributed by atoms with E-state index in [0.29, 0.717) is 5.92 Å². The lowest BCUT2D eigenvalue weighted by atomic mass is 9.85. The molecule has 1 aromatic carbocycles. The zero-order valence-corrected chi connectivity index (χ0v) is 13.1. The normalized spacial score (nSPS) is 23.2. The van der Waals surface area contributed by atoms with Crippen LogP contribution < -0.4 is 10.5 Å². The van der Waals surface area contributed by atoms with Crippen LogP contribution in [0.15, 0.2) is 23.1 Å². The van der Waals surface area contributed by atoms with Gasteiger partial charge >= 0.3 is 0 Å². The van der Waals surface area contributed by atoms with Gasteiger partial charge in [-0.3, -0.25) is 0 Å². The maximum absolute atomic E-state index is 13.4. The average Bonchev–Trinajstić information content (AvgIpc) is 2.48. The van der Waals surface area contributed by atoms with Crippen molar-refractivity contribution in [2.24, 2.45) is 11.7 Å². The molecule has 1 saturated carbocycles. The Bertz CT molecular complexity index is 581. The first-order valence-corrected chi connectivity index (χ1v) is 8.95. The molecule has 0 heterocycles. The number of nitrogens with one attached hydrogen (secondary N) is 1. The van der Waals surface area contributed by atoms with Crippen molar-refractivity contribution < 1.29 is 12.8 Å². The molecule has 0 saturated heterocycles. The fraction of sp³-hybridized carbons (Fsp3) is 0.600. The van der Waals surface area contributed by atoms with Gasteiger partial charge in [-0.05, 0) is 49.8 Å². The second-order valence-electron chi connectivity index (χ2n) is 5.70. The molecule has 0 amide bonds. The van der Waals surface area contributed by atoms with Gasteiger partial charge < -0.3 is 5.73 Å². The molecule has 1 aromatic rings. The van der Waals surface area contributed by atoms with Crippen LogP contribution in [0.1, 0.15) is 44.6 Å². The second-order valence-corrected chi connectivity index (χ2v) is 7.42. The molecule has 2 rings (SSSR count). The molecular formula is C15H23FN2O2S. The van der Waals surface area contributed by atoms with E-state index in [1.165, 1.54) is 12.1 Å². The summed E-state index contributed by atoms with van der Waals surface area (Å²) in [5.41, 5.74) is 5.64. The highest BCUT2D eigenvalue weighted by atomic mass is 32.2. The van der Waals surface area contributed by atoms with Gasteiger partial charge in [0.15, 0.2) is 0 Å². The Hall–Kier alpha value is -0.980. The van der Waals surface area contributed by atoms with Crippen molar-refractivity contribution in [1.82, 2.24) is 4.72 Å². The molecule has 1 aliphatic carbocycles. The van der Waals surface area contributed by atoms with Gasteiger partial charge in [0.2, 0.25) is 10.0 Å². The fourth-order valence-electron chi connectivity index (χ4n) is 2.85. The summed E-state index contributed by atoms with van der Waals surface area (Å²) in [7, 11) is -3.61. The molecule has 1 aliphatic rings. The third kappa shape index (κ3) is 4.02. The van der Waals surface area contributed by atoms with Crippen molar-refractivity contribution in [2.45, 2.75) is 56.5 Å². The number of sulfonamides is 1. The van der Waals surface area contributed by atoms with Gasteiger partial charge in [0.1, 0.15) is 5.82 Å². The van der Waals surface area contributed by atoms with Gasteiger partial charge in [-0.15, -0.1) is 0 Å². The van der Waals surface area contributed by atoms with Crippen LogP contribution in [0.2, 0.25) is 0 Å². The van der Waals surface area contributed by atoms with Crippen LogP contribution in [0, 0.1) is 11.7 Å². The molecule has 4 nitrogen and oxygen atoms in total. The van der Waals surface area contributed by atoms with Gasteiger partial charge in [0, 0.05) is 18.2 Å². The Morgan fingerprint density at radius 3 is 2.52 bits per heavy atom. The lowest BCUT2D eigenvalue weighted by Crippen LogP contribution is -2.37. The standard InChI is InChI=1S/C15H23FN2O2S/c1-2-11-3-5-13(6-4-11)18-21(19,20)14-7-8-15(16)12(9-14)10-17/h7-9,11,13,18H,2-6,10,17H2,1H3. The van der Waals surface area contributed by atoms with Crippen LogP contribution in [0.5, 0.6) is 0 Å². The Morgan fingerprint density at radius 1 is 1.29 bits per heavy atom. The van der Waals surface area contributed by atoms with E-state index in [0.717, 1.165) is 38.2 Å². The van der Waals surface area contributed by atoms with E-state index in [1.54, 1.807) is 0 Å². The molecule has 118 valence electrons. The SMILES string of the molecule is CCC1CCC(NS(=O)(=O)c2ccc(F)c(CN)c2)CC1. The zero-order valence-electron chi connectivity index (χ0n) is 12.3. The van der Waals surface area contributed by atoms with E-state index in [2.05, 4.69) is 11.6 Å². The van der Waals surface area contributed by atoms with Gasteiger partial charge in [-0.2, -0.15) is 0 Å². The molecule has 0 radical (unpaired) electrons. The Labute approximate surface area is 126 Å². The van der Waals surface area contributed by atoms with Crippen molar-refractivity contribution in [3.63, 3.8) is 0 Å². The van der Waals surface area contributed by atoms with Crippen LogP contribution in [0.4, 0.5) is 4.39 Å². The van der Waals surface area contributed by atoms with Gasteiger partial charge in [0.05, 0.1) is 4.90 Å². The van der Waals surface area contributed by atoms with E-state index in [4.69, 9.17) is 5.73 Å². The molecule has 0 bridgehead atoms. The number of hydrogen-bond donors (Lipinski definition) is 2. The highest BCUT2D eigenvalue weighted by Gasteiger charge is 2.25. The van der Waals surface area contributed by atoms with E-state index in [1.807, 2.05) is 0 Å². The smallest absolute Gasteiger partial charge is 0.240 e. The van der Waals surface area contributed by atoms with Crippen LogP contribution in [-0.4, -0.2) is 14.5 Å². The fourth-order valence-corrected chi connectivity index (χ4v) is 4.21. The molecule has 21 heavy (non-hydrogen) atoms. The number of halogens is 1. The highest BCUT2D eigenvalue weighted by molar-refractivity contribution is 7.89. The summed E-state index contributed by atoms with van der Waals surface area (Å²) in [5.74, 6) is 0.236. The van der Waals surface area contributed by atoms with Crippen molar-refractivity contribution in [2.75, 3.05) is 0 Å². The van der Waals surface area contributed by atoms with Crippen molar-refractivity contribution >= 4 is 10.0 Å². The quantitative estimate of drug-likeness (QED) is 0.877. The minimum atomic E-state index is -3.61. The third-order valence-electron chi connectivity index (χ3n) is 4.29. The number of hydrogen-bond acceptors (Lipinski definition) is 3. The molecular weight excluding hydrogens is 291 g/mol. The maximum Gasteiger partial charge on any atom is 0.240 e. The van der Waals surface area contributed by atoms with Crippen LogP contribution in [0.3, 0.4) is 0 Å². The first-order chi connectivity index (χ1) is 9.96. The monoisotopic (exact) mass is 314 g/mol. The first kappa shape index (κ1) is 16.4. The molecule has 0 spiro atoms. The highest BCUT2D eigenvalue weighted by Crippen LogP contribution is 2.27. The summed E-state index contributed by atoms with van der Waals surface area (Å²) in [6, 6.07) is 3.73. The predicted molar refractivity (Wildman–Crippen MR) is 80.6 cm³/mol. The molecule has 6 heteroatoms. The van der Waals surface area contributed by atoms with E-state index in [-0.39, 0.29) is 23.0 Å². The average molecular weight is 314 g/mol.